The van der Waals surface area contributed by atoms with Gasteiger partial charge in [0, 0.05) is 6.54 Å². The van der Waals surface area contributed by atoms with Crippen LogP contribution < -0.4 is 10.6 Å². The van der Waals surface area contributed by atoms with Gasteiger partial charge in [0.15, 0.2) is 0 Å². The molecule has 0 fully saturated rings. The predicted molar refractivity (Wildman–Crippen MR) is 128 cm³/mol. The molecule has 0 saturated heterocycles. The number of carbonyl (C=O) groups is 2. The van der Waals surface area contributed by atoms with Gasteiger partial charge in [0.25, 0.3) is 5.91 Å². The zero-order valence-corrected chi connectivity index (χ0v) is 21.3. The van der Waals surface area contributed by atoms with E-state index in [0.29, 0.717) is 12.1 Å². The highest BCUT2D eigenvalue weighted by Gasteiger charge is 2.40. The molecule has 0 aliphatic carbocycles. The van der Waals surface area contributed by atoms with Crippen molar-refractivity contribution in [3.63, 3.8) is 0 Å². The van der Waals surface area contributed by atoms with Gasteiger partial charge in [-0.1, -0.05) is 53.0 Å². The summed E-state index contributed by atoms with van der Waals surface area (Å²) in [7, 11) is 0. The lowest BCUT2D eigenvalue weighted by molar-refractivity contribution is -0.139. The van der Waals surface area contributed by atoms with Crippen LogP contribution in [0.4, 0.5) is 31.1 Å². The van der Waals surface area contributed by atoms with Crippen LogP contribution in [0.15, 0.2) is 36.4 Å². The number of allylic oxidation sites excluding steroid dienone is 1. The van der Waals surface area contributed by atoms with Gasteiger partial charge in [0.2, 0.25) is 0 Å². The van der Waals surface area contributed by atoms with Crippen LogP contribution in [0.5, 0.6) is 0 Å². The van der Waals surface area contributed by atoms with Crippen LogP contribution in [-0.4, -0.2) is 35.4 Å². The number of hydrogen-bond donors (Lipinski definition) is 3. The Morgan fingerprint density at radius 2 is 1.57 bits per heavy atom. The second-order valence-corrected chi connectivity index (χ2v) is 9.67. The smallest absolute Gasteiger partial charge is 0.417 e. The van der Waals surface area contributed by atoms with Crippen molar-refractivity contribution in [3.8, 4) is 0 Å². The van der Waals surface area contributed by atoms with Gasteiger partial charge < -0.3 is 15.7 Å². The summed E-state index contributed by atoms with van der Waals surface area (Å²) in [5.74, 6) is -3.43. The molecular formula is C23H19Cl3F6N2O3. The van der Waals surface area contributed by atoms with Crippen LogP contribution in [0.25, 0.3) is 6.08 Å². The molecule has 2 aromatic carbocycles. The maximum Gasteiger partial charge on any atom is 0.417 e. The van der Waals surface area contributed by atoms with Gasteiger partial charge in [-0.3, -0.25) is 4.79 Å². The SMILES string of the molecule is CC(C)(CNC(=O)O)NC(=O)c1ccc(/C=C/C(c2cc(Cl)c(Cl)c(Cl)c2)C(F)(F)F)cc1C(F)(F)F. The van der Waals surface area contributed by atoms with Crippen molar-refractivity contribution in [2.24, 2.45) is 0 Å². The van der Waals surface area contributed by atoms with Crippen LogP contribution in [0, 0.1) is 0 Å². The fourth-order valence-corrected chi connectivity index (χ4v) is 3.80. The Kier molecular flexibility index (Phi) is 9.43. The zero-order valence-electron chi connectivity index (χ0n) is 19.0. The van der Waals surface area contributed by atoms with E-state index in [0.717, 1.165) is 30.3 Å². The van der Waals surface area contributed by atoms with E-state index in [2.05, 4.69) is 5.32 Å². The molecule has 0 heterocycles. The normalized spacial score (nSPS) is 13.5. The third kappa shape index (κ3) is 8.44. The molecule has 202 valence electrons. The minimum Gasteiger partial charge on any atom is -0.465 e. The van der Waals surface area contributed by atoms with E-state index in [4.69, 9.17) is 39.9 Å². The van der Waals surface area contributed by atoms with Crippen LogP contribution >= 0.6 is 34.8 Å². The van der Waals surface area contributed by atoms with E-state index in [1.165, 1.54) is 13.8 Å². The number of alkyl halides is 6. The Hall–Kier alpha value is -2.63. The van der Waals surface area contributed by atoms with E-state index >= 15 is 0 Å². The van der Waals surface area contributed by atoms with E-state index in [1.807, 2.05) is 5.32 Å². The molecule has 3 N–H and O–H groups in total. The molecule has 37 heavy (non-hydrogen) atoms. The highest BCUT2D eigenvalue weighted by Crippen LogP contribution is 2.41. The summed E-state index contributed by atoms with van der Waals surface area (Å²) in [5.41, 5.74) is -4.09. The summed E-state index contributed by atoms with van der Waals surface area (Å²) in [4.78, 5) is 23.2. The first-order chi connectivity index (χ1) is 16.8. The van der Waals surface area contributed by atoms with Gasteiger partial charge in [-0.2, -0.15) is 26.3 Å². The lowest BCUT2D eigenvalue weighted by atomic mass is 9.95. The maximum absolute atomic E-state index is 13.7. The van der Waals surface area contributed by atoms with Crippen LogP contribution in [-0.2, 0) is 6.18 Å². The van der Waals surface area contributed by atoms with Crippen LogP contribution in [0.1, 0.15) is 46.8 Å². The molecule has 0 aliphatic rings. The lowest BCUT2D eigenvalue weighted by Gasteiger charge is -2.26. The minimum atomic E-state index is -5.03. The summed E-state index contributed by atoms with van der Waals surface area (Å²) in [6.45, 7) is 2.48. The monoisotopic (exact) mass is 590 g/mol. The first-order valence-corrected chi connectivity index (χ1v) is 11.3. The number of benzene rings is 2. The third-order valence-corrected chi connectivity index (χ3v) is 6.12. The lowest BCUT2D eigenvalue weighted by Crippen LogP contribution is -2.51. The number of hydrogen-bond acceptors (Lipinski definition) is 2. The van der Waals surface area contributed by atoms with Gasteiger partial charge in [-0.05, 0) is 49.2 Å². The van der Waals surface area contributed by atoms with Crippen molar-refractivity contribution in [2.75, 3.05) is 6.54 Å². The Labute approximate surface area is 222 Å². The first kappa shape index (κ1) is 30.6. The van der Waals surface area contributed by atoms with E-state index in [1.54, 1.807) is 0 Å². The Morgan fingerprint density at radius 1 is 1.00 bits per heavy atom. The van der Waals surface area contributed by atoms with Crippen LogP contribution in [0.2, 0.25) is 15.1 Å². The molecule has 2 amide bonds. The molecule has 14 heteroatoms. The highest BCUT2D eigenvalue weighted by molar-refractivity contribution is 6.48. The second kappa shape index (κ2) is 11.4. The highest BCUT2D eigenvalue weighted by atomic mass is 35.5. The number of nitrogens with one attached hydrogen (secondary N) is 2. The van der Waals surface area contributed by atoms with Crippen molar-refractivity contribution in [2.45, 2.75) is 37.7 Å². The molecule has 1 unspecified atom stereocenters. The number of carbonyl (C=O) groups excluding carboxylic acids is 1. The Morgan fingerprint density at radius 3 is 2.05 bits per heavy atom. The Bertz CT molecular complexity index is 1190. The number of rotatable bonds is 7. The quantitative estimate of drug-likeness (QED) is 0.227. The number of halogens is 9. The standard InChI is InChI=1S/C23H19Cl3F6N2O3/c1-21(2,10-33-20(36)37)34-19(35)13-5-3-11(7-15(13)23(30,31)32)4-6-14(22(27,28)29)12-8-16(24)18(26)17(25)9-12/h3-9,14,33H,10H2,1-2H3,(H,34,35)(H,36,37)/b6-4+. The molecular weight excluding hydrogens is 573 g/mol. The molecule has 0 aliphatic heterocycles. The van der Waals surface area contributed by atoms with Crippen molar-refractivity contribution >= 4 is 52.9 Å². The van der Waals surface area contributed by atoms with Crippen molar-refractivity contribution in [3.05, 3.63) is 73.7 Å². The van der Waals surface area contributed by atoms with E-state index < -0.39 is 46.9 Å². The molecule has 0 spiro atoms. The Balaban J connectivity index is 2.44. The van der Waals surface area contributed by atoms with E-state index in [9.17, 15) is 35.9 Å². The largest absolute Gasteiger partial charge is 0.465 e. The van der Waals surface area contributed by atoms with Gasteiger partial charge in [0.05, 0.1) is 37.7 Å². The number of amides is 2. The molecule has 5 nitrogen and oxygen atoms in total. The first-order valence-electron chi connectivity index (χ1n) is 10.2. The molecule has 0 bridgehead atoms. The van der Waals surface area contributed by atoms with Crippen molar-refractivity contribution in [1.82, 2.24) is 10.6 Å². The fraction of sp³-hybridized carbons (Fsp3) is 0.304. The molecule has 2 rings (SSSR count). The van der Waals surface area contributed by atoms with Gasteiger partial charge >= 0.3 is 18.4 Å². The fourth-order valence-electron chi connectivity index (χ4n) is 3.18. The average Bonchev–Trinajstić information content (AvgIpc) is 2.74. The topological polar surface area (TPSA) is 78.4 Å². The summed E-state index contributed by atoms with van der Waals surface area (Å²) in [5, 5.41) is 12.4. The predicted octanol–water partition coefficient (Wildman–Crippen LogP) is 7.80. The second-order valence-electron chi connectivity index (χ2n) is 8.48. The van der Waals surface area contributed by atoms with E-state index in [-0.39, 0.29) is 32.7 Å². The van der Waals surface area contributed by atoms with Gasteiger partial charge in [0.1, 0.15) is 0 Å². The minimum absolute atomic E-state index is 0.150. The van der Waals surface area contributed by atoms with Crippen LogP contribution in [0.3, 0.4) is 0 Å². The average molecular weight is 592 g/mol. The van der Waals surface area contributed by atoms with Gasteiger partial charge in [-0.15, -0.1) is 0 Å². The zero-order chi connectivity index (χ0) is 28.3. The molecule has 0 aromatic heterocycles. The molecule has 1 atom stereocenters. The number of carboxylic acid groups (broad SMARTS) is 1. The summed E-state index contributed by atoms with van der Waals surface area (Å²) < 4.78 is 82.4. The molecule has 2 aromatic rings. The molecule has 0 radical (unpaired) electrons. The maximum atomic E-state index is 13.7. The third-order valence-electron chi connectivity index (χ3n) is 4.93. The molecule has 0 saturated carbocycles. The van der Waals surface area contributed by atoms with Crippen molar-refractivity contribution in [1.29, 1.82) is 0 Å². The summed E-state index contributed by atoms with van der Waals surface area (Å²) in [6, 6.07) is 4.29. The summed E-state index contributed by atoms with van der Waals surface area (Å²) in [6.07, 6.45) is -9.81. The summed E-state index contributed by atoms with van der Waals surface area (Å²) >= 11 is 17.4. The van der Waals surface area contributed by atoms with Crippen molar-refractivity contribution < 1.29 is 41.0 Å². The van der Waals surface area contributed by atoms with Gasteiger partial charge in [-0.25, -0.2) is 4.79 Å².